The summed E-state index contributed by atoms with van der Waals surface area (Å²) in [7, 11) is 0. The molecule has 6 nitrogen and oxygen atoms in total. The highest BCUT2D eigenvalue weighted by atomic mass is 35.5. The van der Waals surface area contributed by atoms with Crippen LogP contribution in [0.1, 0.15) is 35.8 Å². The maximum Gasteiger partial charge on any atom is 0.417 e. The summed E-state index contributed by atoms with van der Waals surface area (Å²) in [5.74, 6) is -0.804. The summed E-state index contributed by atoms with van der Waals surface area (Å²) in [6, 6.07) is 2.35. The van der Waals surface area contributed by atoms with Crippen molar-refractivity contribution in [2.45, 2.75) is 38.0 Å². The third-order valence-corrected chi connectivity index (χ3v) is 4.41. The lowest BCUT2D eigenvalue weighted by molar-refractivity contribution is -0.141. The van der Waals surface area contributed by atoms with E-state index < -0.39 is 34.5 Å². The Balaban J connectivity index is 1.98. The Hall–Kier alpha value is -2.29. The number of aryl methyl sites for hydroxylation is 1. The minimum absolute atomic E-state index is 0.196. The molecule has 0 saturated heterocycles. The van der Waals surface area contributed by atoms with Crippen LogP contribution in [0.4, 0.5) is 13.2 Å². The molecule has 3 rings (SSSR count). The number of rotatable bonds is 3. The largest absolute Gasteiger partial charge is 0.480 e. The zero-order valence-electron chi connectivity index (χ0n) is 12.8. The molecule has 25 heavy (non-hydrogen) atoms. The molecule has 10 heteroatoms. The lowest BCUT2D eigenvalue weighted by Gasteiger charge is -2.19. The summed E-state index contributed by atoms with van der Waals surface area (Å²) in [4.78, 5) is 23.7. The number of hydrogen-bond acceptors (Lipinski definition) is 3. The van der Waals surface area contributed by atoms with Gasteiger partial charge in [0.15, 0.2) is 0 Å². The van der Waals surface area contributed by atoms with Crippen LogP contribution in [0.5, 0.6) is 0 Å². The molecule has 0 spiro atoms. The van der Waals surface area contributed by atoms with Gasteiger partial charge >= 0.3 is 17.8 Å². The van der Waals surface area contributed by atoms with E-state index in [-0.39, 0.29) is 12.1 Å². The van der Waals surface area contributed by atoms with Crippen molar-refractivity contribution in [1.29, 1.82) is 0 Å². The highest BCUT2D eigenvalue weighted by molar-refractivity contribution is 6.31. The SMILES string of the molecule is O=C(O)[C@H]1CCCc2nn(Cc3ccc(Cl)c(C(F)(F)F)c3)c(=O)n21. The van der Waals surface area contributed by atoms with Crippen LogP contribution in [-0.2, 0) is 23.9 Å². The Morgan fingerprint density at radius 1 is 1.40 bits per heavy atom. The van der Waals surface area contributed by atoms with Crippen molar-refractivity contribution in [3.05, 3.63) is 50.7 Å². The van der Waals surface area contributed by atoms with Crippen molar-refractivity contribution >= 4 is 17.6 Å². The minimum atomic E-state index is -4.61. The summed E-state index contributed by atoms with van der Waals surface area (Å²) in [5, 5.41) is 12.9. The molecule has 1 aliphatic rings. The number of carbonyl (C=O) groups is 1. The van der Waals surface area contributed by atoms with Crippen LogP contribution in [0.15, 0.2) is 23.0 Å². The number of hydrogen-bond donors (Lipinski definition) is 1. The van der Waals surface area contributed by atoms with Gasteiger partial charge in [-0.1, -0.05) is 17.7 Å². The monoisotopic (exact) mass is 375 g/mol. The first kappa shape index (κ1) is 17.5. The molecule has 0 radical (unpaired) electrons. The predicted molar refractivity (Wildman–Crippen MR) is 81.7 cm³/mol. The Morgan fingerprint density at radius 2 is 2.12 bits per heavy atom. The second-order valence-corrected chi connectivity index (χ2v) is 6.19. The molecular formula is C15H13ClF3N3O3. The van der Waals surface area contributed by atoms with Gasteiger partial charge in [0.05, 0.1) is 17.1 Å². The number of carboxylic acid groups (broad SMARTS) is 1. The number of fused-ring (bicyclic) bond motifs is 1. The lowest BCUT2D eigenvalue weighted by atomic mass is 10.1. The van der Waals surface area contributed by atoms with Crippen LogP contribution in [0.3, 0.4) is 0 Å². The van der Waals surface area contributed by atoms with Gasteiger partial charge in [-0.2, -0.15) is 18.3 Å². The maximum atomic E-state index is 12.9. The second kappa shape index (κ2) is 6.21. The topological polar surface area (TPSA) is 77.1 Å². The number of aromatic nitrogens is 3. The van der Waals surface area contributed by atoms with E-state index in [1.165, 1.54) is 6.07 Å². The Morgan fingerprint density at radius 3 is 2.76 bits per heavy atom. The molecule has 0 amide bonds. The molecule has 1 aromatic heterocycles. The molecule has 2 heterocycles. The fourth-order valence-corrected chi connectivity index (χ4v) is 3.15. The normalized spacial score (nSPS) is 17.4. The van der Waals surface area contributed by atoms with Crippen LogP contribution in [0, 0.1) is 0 Å². The molecule has 134 valence electrons. The number of nitrogens with zero attached hydrogens (tertiary/aromatic N) is 3. The van der Waals surface area contributed by atoms with Crippen LogP contribution in [0.25, 0.3) is 0 Å². The zero-order valence-corrected chi connectivity index (χ0v) is 13.5. The zero-order chi connectivity index (χ0) is 18.4. The number of alkyl halides is 3. The van der Waals surface area contributed by atoms with Crippen molar-refractivity contribution in [1.82, 2.24) is 14.3 Å². The molecule has 1 aromatic carbocycles. The van der Waals surface area contributed by atoms with Gasteiger partial charge < -0.3 is 5.11 Å². The second-order valence-electron chi connectivity index (χ2n) is 5.78. The number of benzene rings is 1. The van der Waals surface area contributed by atoms with Crippen LogP contribution >= 0.6 is 11.6 Å². The standard InChI is InChI=1S/C15H13ClF3N3O3/c16-10-5-4-8(6-9(10)15(17,18)19)7-21-14(25)22-11(13(23)24)2-1-3-12(22)20-21/h4-6,11H,1-3,7H2,(H,23,24)/t11-/m1/s1. The summed E-state index contributed by atoms with van der Waals surface area (Å²) < 4.78 is 40.9. The molecule has 0 bridgehead atoms. The fourth-order valence-electron chi connectivity index (χ4n) is 2.93. The van der Waals surface area contributed by atoms with Crippen molar-refractivity contribution in [3.8, 4) is 0 Å². The van der Waals surface area contributed by atoms with Gasteiger partial charge in [0.2, 0.25) is 0 Å². The lowest BCUT2D eigenvalue weighted by Crippen LogP contribution is -2.34. The van der Waals surface area contributed by atoms with Gasteiger partial charge in [-0.25, -0.2) is 14.3 Å². The molecular weight excluding hydrogens is 363 g/mol. The molecule has 0 fully saturated rings. The summed E-state index contributed by atoms with van der Waals surface area (Å²) in [6.45, 7) is -0.203. The summed E-state index contributed by atoms with van der Waals surface area (Å²) in [5.41, 5.74) is -1.45. The molecule has 0 saturated carbocycles. The van der Waals surface area contributed by atoms with Crippen LogP contribution in [-0.4, -0.2) is 25.4 Å². The van der Waals surface area contributed by atoms with Gasteiger partial charge in [0, 0.05) is 6.42 Å². The van der Waals surface area contributed by atoms with Gasteiger partial charge in [-0.3, -0.25) is 4.57 Å². The Labute approximate surface area is 144 Å². The van der Waals surface area contributed by atoms with E-state index in [0.29, 0.717) is 25.1 Å². The van der Waals surface area contributed by atoms with Crippen LogP contribution < -0.4 is 5.69 Å². The van der Waals surface area contributed by atoms with Crippen molar-refractivity contribution in [2.75, 3.05) is 0 Å². The third kappa shape index (κ3) is 3.28. The molecule has 0 unspecified atom stereocenters. The summed E-state index contributed by atoms with van der Waals surface area (Å²) >= 11 is 5.58. The average Bonchev–Trinajstić information content (AvgIpc) is 2.84. The van der Waals surface area contributed by atoms with Gasteiger partial charge in [0.25, 0.3) is 0 Å². The van der Waals surface area contributed by atoms with Crippen molar-refractivity contribution in [3.63, 3.8) is 0 Å². The van der Waals surface area contributed by atoms with Crippen molar-refractivity contribution in [2.24, 2.45) is 0 Å². The highest BCUT2D eigenvalue weighted by Gasteiger charge is 2.34. The van der Waals surface area contributed by atoms with Gasteiger partial charge in [-0.15, -0.1) is 0 Å². The van der Waals surface area contributed by atoms with E-state index in [9.17, 15) is 27.9 Å². The van der Waals surface area contributed by atoms with E-state index in [1.54, 1.807) is 0 Å². The molecule has 0 aliphatic carbocycles. The number of carboxylic acids is 1. The van der Waals surface area contributed by atoms with Crippen molar-refractivity contribution < 1.29 is 23.1 Å². The Kier molecular flexibility index (Phi) is 4.36. The van der Waals surface area contributed by atoms with E-state index in [2.05, 4.69) is 5.10 Å². The van der Waals surface area contributed by atoms with E-state index >= 15 is 0 Å². The minimum Gasteiger partial charge on any atom is -0.480 e. The molecule has 1 atom stereocenters. The predicted octanol–water partition coefficient (Wildman–Crippen LogP) is 2.73. The van der Waals surface area contributed by atoms with E-state index in [0.717, 1.165) is 21.4 Å². The number of aliphatic carboxylic acids is 1. The fraction of sp³-hybridized carbons (Fsp3) is 0.400. The first-order valence-electron chi connectivity index (χ1n) is 7.45. The molecule has 1 aliphatic heterocycles. The third-order valence-electron chi connectivity index (χ3n) is 4.08. The quantitative estimate of drug-likeness (QED) is 0.894. The smallest absolute Gasteiger partial charge is 0.417 e. The summed E-state index contributed by atoms with van der Waals surface area (Å²) in [6.07, 6.45) is -3.28. The number of halogens is 4. The van der Waals surface area contributed by atoms with E-state index in [1.807, 2.05) is 0 Å². The highest BCUT2D eigenvalue weighted by Crippen LogP contribution is 2.35. The van der Waals surface area contributed by atoms with Gasteiger partial charge in [0.1, 0.15) is 11.9 Å². The van der Waals surface area contributed by atoms with Crippen LogP contribution in [0.2, 0.25) is 5.02 Å². The van der Waals surface area contributed by atoms with E-state index in [4.69, 9.17) is 11.6 Å². The first-order chi connectivity index (χ1) is 11.7. The molecule has 2 aromatic rings. The first-order valence-corrected chi connectivity index (χ1v) is 7.83. The van der Waals surface area contributed by atoms with Gasteiger partial charge in [-0.05, 0) is 30.5 Å². The maximum absolute atomic E-state index is 12.9. The Bertz CT molecular complexity index is 888. The molecule has 1 N–H and O–H groups in total. The average molecular weight is 376 g/mol.